The fourth-order valence-corrected chi connectivity index (χ4v) is 2.37. The molecule has 0 unspecified atom stereocenters. The number of hydrogen-bond acceptors (Lipinski definition) is 4. The van der Waals surface area contributed by atoms with E-state index >= 15 is 0 Å². The molecule has 0 radical (unpaired) electrons. The topological polar surface area (TPSA) is 73.3 Å². The zero-order valence-corrected chi connectivity index (χ0v) is 12.0. The van der Waals surface area contributed by atoms with Crippen molar-refractivity contribution in [3.63, 3.8) is 0 Å². The first kappa shape index (κ1) is 12.7. The molecule has 1 aromatic carbocycles. The van der Waals surface area contributed by atoms with Gasteiger partial charge in [-0.05, 0) is 40.5 Å². The summed E-state index contributed by atoms with van der Waals surface area (Å²) < 4.78 is 2.50. The van der Waals surface area contributed by atoms with Crippen molar-refractivity contribution in [2.24, 2.45) is 0 Å². The number of hydrogen-bond donors (Lipinski definition) is 0. The second kappa shape index (κ2) is 4.68. The first-order valence-corrected chi connectivity index (χ1v) is 6.61. The first-order chi connectivity index (χ1) is 9.56. The Morgan fingerprint density at radius 1 is 1.30 bits per heavy atom. The quantitative estimate of drug-likeness (QED) is 0.532. The van der Waals surface area contributed by atoms with Gasteiger partial charge in [-0.3, -0.25) is 10.1 Å². The van der Waals surface area contributed by atoms with Crippen molar-refractivity contribution in [2.45, 2.75) is 6.92 Å². The molecule has 7 heteroatoms. The molecule has 0 aliphatic rings. The van der Waals surface area contributed by atoms with Gasteiger partial charge in [-0.1, -0.05) is 6.07 Å². The summed E-state index contributed by atoms with van der Waals surface area (Å²) in [4.78, 5) is 14.7. The van der Waals surface area contributed by atoms with Gasteiger partial charge in [0.15, 0.2) is 5.82 Å². The summed E-state index contributed by atoms with van der Waals surface area (Å²) in [7, 11) is 0. The Morgan fingerprint density at radius 3 is 2.85 bits per heavy atom. The number of nitro benzene ring substituents is 1. The Morgan fingerprint density at radius 2 is 2.10 bits per heavy atom. The van der Waals surface area contributed by atoms with Crippen molar-refractivity contribution >= 4 is 27.1 Å². The lowest BCUT2D eigenvalue weighted by molar-refractivity contribution is -0.384. The number of nitrogens with zero attached hydrogens (tertiary/aromatic N) is 4. The van der Waals surface area contributed by atoms with Crippen LogP contribution in [0.1, 0.15) is 5.56 Å². The van der Waals surface area contributed by atoms with E-state index in [0.29, 0.717) is 11.4 Å². The van der Waals surface area contributed by atoms with Gasteiger partial charge in [0.25, 0.3) is 5.69 Å². The third-order valence-electron chi connectivity index (χ3n) is 3.03. The lowest BCUT2D eigenvalue weighted by Crippen LogP contribution is -1.99. The highest BCUT2D eigenvalue weighted by Gasteiger charge is 2.13. The molecule has 3 rings (SSSR count). The summed E-state index contributed by atoms with van der Waals surface area (Å²) in [6, 6.07) is 8.42. The smallest absolute Gasteiger partial charge is 0.258 e. The molecule has 0 aliphatic heterocycles. The molecule has 0 saturated heterocycles. The molecular weight excluding hydrogens is 324 g/mol. The van der Waals surface area contributed by atoms with E-state index in [1.54, 1.807) is 16.8 Å². The highest BCUT2D eigenvalue weighted by atomic mass is 79.9. The van der Waals surface area contributed by atoms with E-state index in [2.05, 4.69) is 26.0 Å². The fourth-order valence-electron chi connectivity index (χ4n) is 1.96. The van der Waals surface area contributed by atoms with Gasteiger partial charge in [0.2, 0.25) is 0 Å². The van der Waals surface area contributed by atoms with Crippen LogP contribution in [0, 0.1) is 17.0 Å². The van der Waals surface area contributed by atoms with E-state index in [1.165, 1.54) is 12.1 Å². The summed E-state index contributed by atoms with van der Waals surface area (Å²) in [5, 5.41) is 15.3. The van der Waals surface area contributed by atoms with Crippen molar-refractivity contribution in [2.75, 3.05) is 0 Å². The van der Waals surface area contributed by atoms with Crippen molar-refractivity contribution in [1.82, 2.24) is 14.6 Å². The molecule has 6 nitrogen and oxygen atoms in total. The highest BCUT2D eigenvalue weighted by Crippen LogP contribution is 2.25. The summed E-state index contributed by atoms with van der Waals surface area (Å²) in [5.74, 6) is 0.454. The van der Waals surface area contributed by atoms with Gasteiger partial charge >= 0.3 is 0 Å². The molecule has 2 aromatic heterocycles. The van der Waals surface area contributed by atoms with Crippen molar-refractivity contribution in [3.8, 4) is 11.4 Å². The van der Waals surface area contributed by atoms with E-state index in [4.69, 9.17) is 0 Å². The second-order valence-electron chi connectivity index (χ2n) is 4.33. The maximum Gasteiger partial charge on any atom is 0.270 e. The Bertz CT molecular complexity index is 828. The maximum atomic E-state index is 10.9. The lowest BCUT2D eigenvalue weighted by atomic mass is 10.1. The third-order valence-corrected chi connectivity index (χ3v) is 3.63. The number of aryl methyl sites for hydroxylation is 1. The van der Waals surface area contributed by atoms with Crippen LogP contribution in [0.2, 0.25) is 0 Å². The molecule has 2 heterocycles. The molecule has 0 bridgehead atoms. The minimum atomic E-state index is -0.424. The van der Waals surface area contributed by atoms with Crippen LogP contribution < -0.4 is 0 Å². The van der Waals surface area contributed by atoms with E-state index in [-0.39, 0.29) is 5.69 Å². The predicted molar refractivity (Wildman–Crippen MR) is 77.5 cm³/mol. The minimum absolute atomic E-state index is 0.0286. The Hall–Kier alpha value is -2.28. The number of rotatable bonds is 2. The van der Waals surface area contributed by atoms with Gasteiger partial charge in [-0.2, -0.15) is 0 Å². The molecule has 0 saturated carbocycles. The molecule has 0 fully saturated rings. The summed E-state index contributed by atoms with van der Waals surface area (Å²) in [6.45, 7) is 1.87. The van der Waals surface area contributed by atoms with Gasteiger partial charge in [-0.25, -0.2) is 9.50 Å². The average Bonchev–Trinajstić information content (AvgIpc) is 2.80. The molecule has 0 aliphatic carbocycles. The van der Waals surface area contributed by atoms with Crippen molar-refractivity contribution < 1.29 is 4.92 Å². The van der Waals surface area contributed by atoms with E-state index in [1.807, 2.05) is 19.1 Å². The zero-order chi connectivity index (χ0) is 14.3. The normalized spacial score (nSPS) is 10.9. The van der Waals surface area contributed by atoms with Crippen molar-refractivity contribution in [3.05, 3.63) is 56.8 Å². The van der Waals surface area contributed by atoms with Crippen LogP contribution >= 0.6 is 15.9 Å². The first-order valence-electron chi connectivity index (χ1n) is 5.82. The van der Waals surface area contributed by atoms with Crippen LogP contribution in [0.15, 0.2) is 41.1 Å². The highest BCUT2D eigenvalue weighted by molar-refractivity contribution is 9.10. The summed E-state index contributed by atoms with van der Waals surface area (Å²) >= 11 is 3.39. The Kier molecular flexibility index (Phi) is 2.98. The maximum absolute atomic E-state index is 10.9. The van der Waals surface area contributed by atoms with Crippen LogP contribution in [0.25, 0.3) is 16.9 Å². The number of aromatic nitrogens is 3. The molecule has 0 N–H and O–H groups in total. The summed E-state index contributed by atoms with van der Waals surface area (Å²) in [5.41, 5.74) is 2.42. The molecule has 0 spiro atoms. The standard InChI is InChI=1S/C13H9BrN4O2/c1-8-2-3-9(18(19)20)6-11(8)13-15-7-10-4-5-12(14)17(10)16-13/h2-7H,1H3. The van der Waals surface area contributed by atoms with Crippen LogP contribution in [0.4, 0.5) is 5.69 Å². The predicted octanol–water partition coefficient (Wildman–Crippen LogP) is 3.38. The largest absolute Gasteiger partial charge is 0.270 e. The van der Waals surface area contributed by atoms with Gasteiger partial charge in [0.05, 0.1) is 16.6 Å². The molecule has 0 atom stereocenters. The lowest BCUT2D eigenvalue weighted by Gasteiger charge is -2.05. The zero-order valence-electron chi connectivity index (χ0n) is 10.4. The average molecular weight is 333 g/mol. The van der Waals surface area contributed by atoms with Crippen molar-refractivity contribution in [1.29, 1.82) is 0 Å². The van der Waals surface area contributed by atoms with E-state index in [0.717, 1.165) is 15.7 Å². The van der Waals surface area contributed by atoms with Crippen LogP contribution in [-0.2, 0) is 0 Å². The van der Waals surface area contributed by atoms with Gasteiger partial charge in [-0.15, -0.1) is 5.10 Å². The Balaban J connectivity index is 2.21. The van der Waals surface area contributed by atoms with E-state index in [9.17, 15) is 10.1 Å². The molecule has 0 amide bonds. The van der Waals surface area contributed by atoms with E-state index < -0.39 is 4.92 Å². The van der Waals surface area contributed by atoms with Gasteiger partial charge in [0, 0.05) is 17.7 Å². The number of nitro groups is 1. The van der Waals surface area contributed by atoms with Gasteiger partial charge in [0.1, 0.15) is 4.60 Å². The molecule has 100 valence electrons. The Labute approximate surface area is 122 Å². The fraction of sp³-hybridized carbons (Fsp3) is 0.0769. The third kappa shape index (κ3) is 2.05. The number of benzene rings is 1. The SMILES string of the molecule is Cc1ccc([N+](=O)[O-])cc1-c1ncc2ccc(Br)n2n1. The number of halogens is 1. The van der Waals surface area contributed by atoms with Gasteiger partial charge < -0.3 is 0 Å². The monoisotopic (exact) mass is 332 g/mol. The minimum Gasteiger partial charge on any atom is -0.258 e. The summed E-state index contributed by atoms with van der Waals surface area (Å²) in [6.07, 6.45) is 1.69. The number of fused-ring (bicyclic) bond motifs is 1. The second-order valence-corrected chi connectivity index (χ2v) is 5.14. The number of non-ortho nitro benzene ring substituents is 1. The van der Waals surface area contributed by atoms with Crippen LogP contribution in [0.3, 0.4) is 0 Å². The molecule has 20 heavy (non-hydrogen) atoms. The molecule has 3 aromatic rings. The van der Waals surface area contributed by atoms with Crippen LogP contribution in [0.5, 0.6) is 0 Å². The van der Waals surface area contributed by atoms with Crippen LogP contribution in [-0.4, -0.2) is 19.5 Å². The molecular formula is C13H9BrN4O2.